The average molecular weight is 345 g/mol. The smallest absolute Gasteiger partial charge is 0.312 e. The highest BCUT2D eigenvalue weighted by Gasteiger charge is 2.25. The number of halogens is 1. The van der Waals surface area contributed by atoms with Gasteiger partial charge in [-0.05, 0) is 12.1 Å². The van der Waals surface area contributed by atoms with Gasteiger partial charge >= 0.3 is 5.69 Å². The summed E-state index contributed by atoms with van der Waals surface area (Å²) in [5, 5.41) is 31.0. The predicted molar refractivity (Wildman–Crippen MR) is 89.0 cm³/mol. The molecule has 0 atom stereocenters. The molecule has 2 aromatic rings. The maximum Gasteiger partial charge on any atom is 0.312 e. The number of anilines is 1. The van der Waals surface area contributed by atoms with Crippen LogP contribution in [-0.4, -0.2) is 27.9 Å². The van der Waals surface area contributed by atoms with E-state index in [2.05, 4.69) is 15.5 Å². The number of nitro benzene ring substituents is 1. The van der Waals surface area contributed by atoms with E-state index in [1.807, 2.05) is 0 Å². The summed E-state index contributed by atoms with van der Waals surface area (Å²) in [6.45, 7) is 0. The van der Waals surface area contributed by atoms with Crippen molar-refractivity contribution in [1.82, 2.24) is 0 Å². The summed E-state index contributed by atoms with van der Waals surface area (Å²) in [6, 6.07) is 9.30. The number of phenolic OH excluding ortho intramolecular Hbond substituents is 1. The van der Waals surface area contributed by atoms with Gasteiger partial charge in [-0.1, -0.05) is 29.8 Å². The number of nitrogens with one attached hydrogen (secondary N) is 1. The van der Waals surface area contributed by atoms with E-state index in [4.69, 9.17) is 11.6 Å². The Morgan fingerprint density at radius 1 is 1.29 bits per heavy atom. The Bertz CT molecular complexity index is 924. The summed E-state index contributed by atoms with van der Waals surface area (Å²) in [7, 11) is 0. The summed E-state index contributed by atoms with van der Waals surface area (Å²) in [5.74, 6) is -0.987. The minimum absolute atomic E-state index is 0.0187. The van der Waals surface area contributed by atoms with Crippen LogP contribution in [0.15, 0.2) is 46.6 Å². The lowest BCUT2D eigenvalue weighted by molar-refractivity contribution is -0.385. The van der Waals surface area contributed by atoms with E-state index in [0.29, 0.717) is 11.3 Å². The van der Waals surface area contributed by atoms with Crippen LogP contribution in [0.4, 0.5) is 11.4 Å². The van der Waals surface area contributed by atoms with Crippen molar-refractivity contribution in [3.8, 4) is 5.75 Å². The van der Waals surface area contributed by atoms with Crippen molar-refractivity contribution >= 4 is 40.8 Å². The van der Waals surface area contributed by atoms with Crippen LogP contribution < -0.4 is 5.32 Å². The van der Waals surface area contributed by atoms with E-state index in [0.717, 1.165) is 12.3 Å². The molecule has 2 N–H and O–H groups in total. The Labute approximate surface area is 140 Å². The number of benzene rings is 2. The molecule has 0 aromatic heterocycles. The van der Waals surface area contributed by atoms with Crippen molar-refractivity contribution in [3.63, 3.8) is 0 Å². The van der Waals surface area contributed by atoms with Crippen LogP contribution in [0, 0.1) is 10.1 Å². The average Bonchev–Trinajstić information content (AvgIpc) is 2.86. The van der Waals surface area contributed by atoms with Gasteiger partial charge < -0.3 is 10.4 Å². The molecule has 1 aliphatic rings. The SMILES string of the molecule is O=C1Nc2ccccc2/C1=N/N=C/c1cc(Cl)cc([N+](=O)[O-])c1O. The molecule has 1 amide bonds. The first-order chi connectivity index (χ1) is 11.5. The van der Waals surface area contributed by atoms with Gasteiger partial charge in [-0.2, -0.15) is 5.10 Å². The third-order valence-electron chi connectivity index (χ3n) is 3.28. The Morgan fingerprint density at radius 3 is 2.79 bits per heavy atom. The molecule has 0 aliphatic carbocycles. The Balaban J connectivity index is 1.96. The topological polar surface area (TPSA) is 117 Å². The summed E-state index contributed by atoms with van der Waals surface area (Å²) in [6.07, 6.45) is 1.09. The van der Waals surface area contributed by atoms with Gasteiger partial charge in [-0.3, -0.25) is 14.9 Å². The zero-order chi connectivity index (χ0) is 17.3. The highest BCUT2D eigenvalue weighted by Crippen LogP contribution is 2.32. The normalized spacial score (nSPS) is 14.9. The predicted octanol–water partition coefficient (Wildman–Crippen LogP) is 2.73. The van der Waals surface area contributed by atoms with E-state index in [1.54, 1.807) is 24.3 Å². The number of aromatic hydroxyl groups is 1. The number of hydrogen-bond acceptors (Lipinski definition) is 6. The lowest BCUT2D eigenvalue weighted by Crippen LogP contribution is -2.13. The molecule has 0 fully saturated rings. The van der Waals surface area contributed by atoms with Crippen molar-refractivity contribution in [2.24, 2.45) is 10.2 Å². The van der Waals surface area contributed by atoms with Crippen molar-refractivity contribution in [3.05, 3.63) is 62.7 Å². The number of nitrogens with zero attached hydrogens (tertiary/aromatic N) is 3. The van der Waals surface area contributed by atoms with Crippen molar-refractivity contribution < 1.29 is 14.8 Å². The van der Waals surface area contributed by atoms with E-state index in [9.17, 15) is 20.0 Å². The third kappa shape index (κ3) is 2.82. The fraction of sp³-hybridized carbons (Fsp3) is 0. The van der Waals surface area contributed by atoms with Gasteiger partial charge in [0.05, 0.1) is 16.8 Å². The Hall–Kier alpha value is -3.26. The minimum Gasteiger partial charge on any atom is -0.502 e. The number of nitro groups is 1. The van der Waals surface area contributed by atoms with Gasteiger partial charge in [-0.25, -0.2) is 0 Å². The molecule has 0 unspecified atom stereocenters. The third-order valence-corrected chi connectivity index (χ3v) is 3.50. The number of rotatable bonds is 3. The van der Waals surface area contributed by atoms with Crippen LogP contribution >= 0.6 is 11.6 Å². The second kappa shape index (κ2) is 6.09. The quantitative estimate of drug-likeness (QED) is 0.505. The molecule has 120 valence electrons. The second-order valence-electron chi connectivity index (χ2n) is 4.81. The highest BCUT2D eigenvalue weighted by molar-refractivity contribution is 6.53. The van der Waals surface area contributed by atoms with Gasteiger partial charge in [0.2, 0.25) is 5.75 Å². The van der Waals surface area contributed by atoms with Gasteiger partial charge in [0, 0.05) is 22.2 Å². The highest BCUT2D eigenvalue weighted by atomic mass is 35.5. The standard InChI is InChI=1S/C15H9ClN4O4/c16-9-5-8(14(21)12(6-9)20(23)24)7-17-19-13-10-3-1-2-4-11(10)18-15(13)22/h1-7,21H,(H,18,19,22)/b17-7+. The number of amides is 1. The first-order valence-corrected chi connectivity index (χ1v) is 7.04. The van der Waals surface area contributed by atoms with Crippen molar-refractivity contribution in [1.29, 1.82) is 0 Å². The van der Waals surface area contributed by atoms with Crippen LogP contribution in [0.2, 0.25) is 5.02 Å². The number of hydrogen-bond donors (Lipinski definition) is 2. The molecule has 1 heterocycles. The molecule has 2 aromatic carbocycles. The van der Waals surface area contributed by atoms with Crippen LogP contribution in [0.1, 0.15) is 11.1 Å². The summed E-state index contributed by atoms with van der Waals surface area (Å²) >= 11 is 5.79. The maximum atomic E-state index is 11.9. The van der Waals surface area contributed by atoms with Crippen LogP contribution in [-0.2, 0) is 4.79 Å². The fourth-order valence-corrected chi connectivity index (χ4v) is 2.41. The molecule has 0 bridgehead atoms. The van der Waals surface area contributed by atoms with Gasteiger partial charge in [0.15, 0.2) is 5.71 Å². The zero-order valence-electron chi connectivity index (χ0n) is 11.9. The van der Waals surface area contributed by atoms with E-state index in [1.165, 1.54) is 6.07 Å². The molecule has 8 nitrogen and oxygen atoms in total. The lowest BCUT2D eigenvalue weighted by atomic mass is 10.1. The van der Waals surface area contributed by atoms with Gasteiger partial charge in [0.1, 0.15) is 0 Å². The van der Waals surface area contributed by atoms with Gasteiger partial charge in [-0.15, -0.1) is 5.10 Å². The van der Waals surface area contributed by atoms with E-state index in [-0.39, 0.29) is 16.3 Å². The molecular formula is C15H9ClN4O4. The second-order valence-corrected chi connectivity index (χ2v) is 5.25. The van der Waals surface area contributed by atoms with Crippen molar-refractivity contribution in [2.45, 2.75) is 0 Å². The summed E-state index contributed by atoms with van der Waals surface area (Å²) in [5.41, 5.74) is 0.808. The molecule has 0 saturated carbocycles. The molecule has 3 rings (SSSR count). The number of carbonyl (C=O) groups excluding carboxylic acids is 1. The van der Waals surface area contributed by atoms with E-state index < -0.39 is 22.3 Å². The zero-order valence-corrected chi connectivity index (χ0v) is 12.7. The number of carbonyl (C=O) groups is 1. The monoisotopic (exact) mass is 344 g/mol. The maximum absolute atomic E-state index is 11.9. The fourth-order valence-electron chi connectivity index (χ4n) is 2.19. The van der Waals surface area contributed by atoms with Crippen molar-refractivity contribution in [2.75, 3.05) is 5.32 Å². The minimum atomic E-state index is -0.759. The lowest BCUT2D eigenvalue weighted by Gasteiger charge is -2.00. The summed E-state index contributed by atoms with van der Waals surface area (Å²) in [4.78, 5) is 22.0. The van der Waals surface area contributed by atoms with E-state index >= 15 is 0 Å². The van der Waals surface area contributed by atoms with Crippen LogP contribution in [0.3, 0.4) is 0 Å². The molecule has 0 spiro atoms. The number of para-hydroxylation sites is 1. The molecule has 0 saturated heterocycles. The Kier molecular flexibility index (Phi) is 3.97. The molecule has 24 heavy (non-hydrogen) atoms. The largest absolute Gasteiger partial charge is 0.502 e. The van der Waals surface area contributed by atoms with Crippen LogP contribution in [0.5, 0.6) is 5.75 Å². The van der Waals surface area contributed by atoms with Gasteiger partial charge in [0.25, 0.3) is 5.91 Å². The van der Waals surface area contributed by atoms with Crippen LogP contribution in [0.25, 0.3) is 0 Å². The molecular weight excluding hydrogens is 336 g/mol. The first-order valence-electron chi connectivity index (χ1n) is 6.66. The summed E-state index contributed by atoms with van der Waals surface area (Å²) < 4.78 is 0. The first kappa shape index (κ1) is 15.6. The number of phenols is 1. The Morgan fingerprint density at radius 2 is 2.04 bits per heavy atom. The number of fused-ring (bicyclic) bond motifs is 1. The molecule has 0 radical (unpaired) electrons. The molecule has 9 heteroatoms. The molecule has 1 aliphatic heterocycles.